The summed E-state index contributed by atoms with van der Waals surface area (Å²) in [6.45, 7) is 1.55. The van der Waals surface area contributed by atoms with Crippen LogP contribution < -0.4 is 10.1 Å². The summed E-state index contributed by atoms with van der Waals surface area (Å²) in [4.78, 5) is 16.5. The molecule has 0 spiro atoms. The lowest BCUT2D eigenvalue weighted by atomic mass is 10.1. The molecule has 6 nitrogen and oxygen atoms in total. The van der Waals surface area contributed by atoms with Gasteiger partial charge >= 0.3 is 0 Å². The van der Waals surface area contributed by atoms with Gasteiger partial charge in [-0.3, -0.25) is 4.79 Å². The highest BCUT2D eigenvalue weighted by atomic mass is 32.2. The summed E-state index contributed by atoms with van der Waals surface area (Å²) in [7, 11) is -3.34. The molecule has 0 saturated carbocycles. The van der Waals surface area contributed by atoms with Gasteiger partial charge in [-0.2, -0.15) is 4.39 Å². The Hall–Kier alpha value is -4.18. The van der Waals surface area contributed by atoms with Gasteiger partial charge in [0.15, 0.2) is 21.5 Å². The summed E-state index contributed by atoms with van der Waals surface area (Å²) < 4.78 is 70.1. The zero-order chi connectivity index (χ0) is 26.6. The Morgan fingerprint density at radius 1 is 0.919 bits per heavy atom. The maximum atomic E-state index is 13.7. The molecular weight excluding hydrogens is 505 g/mol. The lowest BCUT2D eigenvalue weighted by Gasteiger charge is -2.14. The highest BCUT2D eigenvalue weighted by Crippen LogP contribution is 2.36. The van der Waals surface area contributed by atoms with Gasteiger partial charge in [0, 0.05) is 35.1 Å². The van der Waals surface area contributed by atoms with Crippen molar-refractivity contribution in [3.63, 3.8) is 0 Å². The fourth-order valence-electron chi connectivity index (χ4n) is 3.50. The van der Waals surface area contributed by atoms with Crippen LogP contribution in [0, 0.1) is 17.6 Å². The molecule has 0 aliphatic rings. The van der Waals surface area contributed by atoms with E-state index in [1.807, 2.05) is 0 Å². The maximum absolute atomic E-state index is 13.7. The summed E-state index contributed by atoms with van der Waals surface area (Å²) in [6, 6.07) is 16.5. The fraction of sp³-hybridized carbons (Fsp3) is 0.111. The molecular formula is C27H21F3N2O4S. The SMILES string of the molecule is CCS(=O)(=O)c1ccc(CC(=O)Nc2ccc(-c3ccc(F)nc3)c(Oc3ccc(F)c(F)c3)c2)cc1. The quantitative estimate of drug-likeness (QED) is 0.288. The second kappa shape index (κ2) is 10.8. The summed E-state index contributed by atoms with van der Waals surface area (Å²) in [5.41, 5.74) is 1.94. The maximum Gasteiger partial charge on any atom is 0.228 e. The number of ether oxygens (including phenoxy) is 1. The van der Waals surface area contributed by atoms with Crippen LogP contribution in [0.15, 0.2) is 83.9 Å². The van der Waals surface area contributed by atoms with Crippen LogP contribution >= 0.6 is 0 Å². The van der Waals surface area contributed by atoms with Gasteiger partial charge in [0.1, 0.15) is 11.5 Å². The monoisotopic (exact) mass is 526 g/mol. The van der Waals surface area contributed by atoms with E-state index >= 15 is 0 Å². The minimum absolute atomic E-state index is 0.0146. The van der Waals surface area contributed by atoms with Crippen LogP contribution in [0.5, 0.6) is 11.5 Å². The van der Waals surface area contributed by atoms with Crippen molar-refractivity contribution in [2.45, 2.75) is 18.2 Å². The molecule has 0 fully saturated rings. The molecule has 1 amide bonds. The first-order valence-electron chi connectivity index (χ1n) is 11.1. The van der Waals surface area contributed by atoms with Crippen molar-refractivity contribution in [1.29, 1.82) is 0 Å². The van der Waals surface area contributed by atoms with Crippen LogP contribution in [0.4, 0.5) is 18.9 Å². The molecule has 3 aromatic carbocycles. The molecule has 0 saturated heterocycles. The summed E-state index contributed by atoms with van der Waals surface area (Å²) in [5, 5.41) is 2.73. The number of pyridine rings is 1. The first kappa shape index (κ1) is 25.9. The summed E-state index contributed by atoms with van der Waals surface area (Å²) in [5.74, 6) is -2.99. The van der Waals surface area contributed by atoms with Gasteiger partial charge in [0.25, 0.3) is 0 Å². The third-order valence-corrected chi connectivity index (χ3v) is 7.20. The van der Waals surface area contributed by atoms with Crippen molar-refractivity contribution >= 4 is 21.4 Å². The van der Waals surface area contributed by atoms with Crippen LogP contribution in [0.25, 0.3) is 11.1 Å². The number of anilines is 1. The largest absolute Gasteiger partial charge is 0.457 e. The molecule has 1 heterocycles. The van der Waals surface area contributed by atoms with Gasteiger partial charge in [0.05, 0.1) is 17.1 Å². The van der Waals surface area contributed by atoms with E-state index < -0.39 is 27.4 Å². The number of sulfone groups is 1. The second-order valence-corrected chi connectivity index (χ2v) is 10.3. The van der Waals surface area contributed by atoms with Gasteiger partial charge in [0.2, 0.25) is 11.9 Å². The Morgan fingerprint density at radius 3 is 2.32 bits per heavy atom. The molecule has 4 rings (SSSR count). The number of benzene rings is 3. The van der Waals surface area contributed by atoms with E-state index in [9.17, 15) is 26.4 Å². The van der Waals surface area contributed by atoms with E-state index in [1.165, 1.54) is 42.6 Å². The Bertz CT molecular complexity index is 1540. The molecule has 190 valence electrons. The molecule has 1 aromatic heterocycles. The van der Waals surface area contributed by atoms with E-state index in [2.05, 4.69) is 10.3 Å². The number of halogens is 3. The van der Waals surface area contributed by atoms with Crippen LogP contribution in [-0.4, -0.2) is 25.1 Å². The number of amides is 1. The Balaban J connectivity index is 1.57. The second-order valence-electron chi connectivity index (χ2n) is 8.03. The molecule has 37 heavy (non-hydrogen) atoms. The zero-order valence-corrected chi connectivity index (χ0v) is 20.4. The van der Waals surface area contributed by atoms with E-state index in [0.717, 1.165) is 12.1 Å². The van der Waals surface area contributed by atoms with Crippen molar-refractivity contribution < 1.29 is 31.1 Å². The molecule has 1 N–H and O–H groups in total. The molecule has 0 unspecified atom stereocenters. The first-order valence-corrected chi connectivity index (χ1v) is 12.8. The number of rotatable bonds is 8. The van der Waals surface area contributed by atoms with E-state index in [1.54, 1.807) is 31.2 Å². The van der Waals surface area contributed by atoms with Crippen molar-refractivity contribution in [2.24, 2.45) is 0 Å². The Labute approximate surface area is 211 Å². The van der Waals surface area contributed by atoms with Gasteiger partial charge in [-0.25, -0.2) is 22.2 Å². The number of carbonyl (C=O) groups excluding carboxylic acids is 1. The minimum Gasteiger partial charge on any atom is -0.457 e. The van der Waals surface area contributed by atoms with E-state index in [4.69, 9.17) is 4.74 Å². The highest BCUT2D eigenvalue weighted by Gasteiger charge is 2.14. The van der Waals surface area contributed by atoms with Gasteiger partial charge in [-0.1, -0.05) is 19.1 Å². The zero-order valence-electron chi connectivity index (χ0n) is 19.5. The number of nitrogens with one attached hydrogen (secondary N) is 1. The normalized spacial score (nSPS) is 11.2. The van der Waals surface area contributed by atoms with Gasteiger partial charge < -0.3 is 10.1 Å². The number of hydrogen-bond acceptors (Lipinski definition) is 5. The third kappa shape index (κ3) is 6.34. The van der Waals surface area contributed by atoms with Gasteiger partial charge in [-0.15, -0.1) is 0 Å². The Kier molecular flexibility index (Phi) is 7.58. The topological polar surface area (TPSA) is 85.4 Å². The lowest BCUT2D eigenvalue weighted by molar-refractivity contribution is -0.115. The van der Waals surface area contributed by atoms with Crippen molar-refractivity contribution in [3.05, 3.63) is 102 Å². The van der Waals surface area contributed by atoms with Gasteiger partial charge in [-0.05, 0) is 54.1 Å². The molecule has 0 radical (unpaired) electrons. The molecule has 0 aliphatic carbocycles. The Morgan fingerprint density at radius 2 is 1.68 bits per heavy atom. The van der Waals surface area contributed by atoms with Crippen LogP contribution in [0.2, 0.25) is 0 Å². The average molecular weight is 527 g/mol. The standard InChI is InChI=1S/C27H21F3N2O4S/c1-2-37(34,35)21-8-3-17(4-9-21)13-27(33)32-19-6-10-22(18-5-12-26(30)31-16-18)25(14-19)36-20-7-11-23(28)24(29)15-20/h3-12,14-16H,2,13H2,1H3,(H,32,33). The molecule has 10 heteroatoms. The predicted molar refractivity (Wildman–Crippen MR) is 133 cm³/mol. The first-order chi connectivity index (χ1) is 17.6. The van der Waals surface area contributed by atoms with Crippen molar-refractivity contribution in [3.8, 4) is 22.6 Å². The smallest absolute Gasteiger partial charge is 0.228 e. The molecule has 0 bridgehead atoms. The molecule has 0 aliphatic heterocycles. The average Bonchev–Trinajstić information content (AvgIpc) is 2.87. The number of aromatic nitrogens is 1. The van der Waals surface area contributed by atoms with Crippen molar-refractivity contribution in [2.75, 3.05) is 11.1 Å². The summed E-state index contributed by atoms with van der Waals surface area (Å²) in [6.07, 6.45) is 1.28. The lowest BCUT2D eigenvalue weighted by Crippen LogP contribution is -2.14. The van der Waals surface area contributed by atoms with Crippen LogP contribution in [-0.2, 0) is 21.1 Å². The predicted octanol–water partition coefficient (Wildman–Crippen LogP) is 5.93. The van der Waals surface area contributed by atoms with E-state index in [-0.39, 0.29) is 34.5 Å². The van der Waals surface area contributed by atoms with E-state index in [0.29, 0.717) is 22.4 Å². The van der Waals surface area contributed by atoms with Crippen LogP contribution in [0.1, 0.15) is 12.5 Å². The fourth-order valence-corrected chi connectivity index (χ4v) is 4.38. The van der Waals surface area contributed by atoms with Crippen LogP contribution in [0.3, 0.4) is 0 Å². The number of nitrogens with zero attached hydrogens (tertiary/aromatic N) is 1. The number of hydrogen-bond donors (Lipinski definition) is 1. The molecule has 0 atom stereocenters. The summed E-state index contributed by atoms with van der Waals surface area (Å²) >= 11 is 0. The number of carbonyl (C=O) groups is 1. The minimum atomic E-state index is -3.34. The van der Waals surface area contributed by atoms with Crippen molar-refractivity contribution in [1.82, 2.24) is 4.98 Å². The molecule has 4 aromatic rings. The third-order valence-electron chi connectivity index (χ3n) is 5.45. The highest BCUT2D eigenvalue weighted by molar-refractivity contribution is 7.91.